The van der Waals surface area contributed by atoms with E-state index < -0.39 is 11.6 Å². The van der Waals surface area contributed by atoms with Crippen molar-refractivity contribution < 1.29 is 14.3 Å². The van der Waals surface area contributed by atoms with Crippen LogP contribution in [0, 0.1) is 0 Å². The van der Waals surface area contributed by atoms with Crippen molar-refractivity contribution in [2.75, 3.05) is 5.32 Å². The maximum Gasteiger partial charge on any atom is 0.340 e. The van der Waals surface area contributed by atoms with Gasteiger partial charge in [0.15, 0.2) is 0 Å². The van der Waals surface area contributed by atoms with Crippen LogP contribution in [0.15, 0.2) is 91.4 Å². The molecule has 0 bridgehead atoms. The standard InChI is InChI=1S/C29H29N3O3/c1-29(2,3)35-28(34)24-14-13-22(12-11-21-9-5-4-6-10-21)19-25(24)31-27(33)23-15-16-30-26(20-23)32-17-7-8-18-32/h4-10,13-20H,11-12H2,1-3H3,(H,31,33). The number of ether oxygens (including phenoxy) is 1. The molecule has 0 aliphatic rings. The maximum atomic E-state index is 13.2. The summed E-state index contributed by atoms with van der Waals surface area (Å²) in [4.78, 5) is 30.4. The number of esters is 1. The van der Waals surface area contributed by atoms with Crippen LogP contribution in [0.2, 0.25) is 0 Å². The van der Waals surface area contributed by atoms with Gasteiger partial charge >= 0.3 is 5.97 Å². The number of nitrogens with zero attached hydrogens (tertiary/aromatic N) is 2. The number of anilines is 1. The highest BCUT2D eigenvalue weighted by Gasteiger charge is 2.22. The summed E-state index contributed by atoms with van der Waals surface area (Å²) >= 11 is 0. The Morgan fingerprint density at radius 3 is 2.31 bits per heavy atom. The Morgan fingerprint density at radius 1 is 0.886 bits per heavy atom. The number of rotatable bonds is 7. The van der Waals surface area contributed by atoms with Crippen LogP contribution in [0.25, 0.3) is 5.82 Å². The first-order valence-electron chi connectivity index (χ1n) is 11.6. The summed E-state index contributed by atoms with van der Waals surface area (Å²) in [5.74, 6) is -0.178. The molecule has 0 saturated carbocycles. The lowest BCUT2D eigenvalue weighted by Crippen LogP contribution is -2.25. The van der Waals surface area contributed by atoms with Gasteiger partial charge in [0.25, 0.3) is 5.91 Å². The predicted molar refractivity (Wildman–Crippen MR) is 137 cm³/mol. The van der Waals surface area contributed by atoms with Gasteiger partial charge in [-0.3, -0.25) is 4.79 Å². The number of hydrogen-bond acceptors (Lipinski definition) is 4. The lowest BCUT2D eigenvalue weighted by atomic mass is 10.0. The third-order valence-corrected chi connectivity index (χ3v) is 5.37. The Hall–Kier alpha value is -4.19. The monoisotopic (exact) mass is 467 g/mol. The van der Waals surface area contributed by atoms with Crippen LogP contribution in [-0.4, -0.2) is 27.0 Å². The van der Waals surface area contributed by atoms with Gasteiger partial charge in [-0.15, -0.1) is 0 Å². The number of aromatic nitrogens is 2. The van der Waals surface area contributed by atoms with Crippen LogP contribution in [0.3, 0.4) is 0 Å². The summed E-state index contributed by atoms with van der Waals surface area (Å²) < 4.78 is 7.41. The zero-order chi connectivity index (χ0) is 24.8. The molecule has 1 N–H and O–H groups in total. The third-order valence-electron chi connectivity index (χ3n) is 5.37. The van der Waals surface area contributed by atoms with Crippen LogP contribution in [0.5, 0.6) is 0 Å². The highest BCUT2D eigenvalue weighted by atomic mass is 16.6. The van der Waals surface area contributed by atoms with Crippen molar-refractivity contribution in [3.05, 3.63) is 114 Å². The predicted octanol–water partition coefficient (Wildman–Crippen LogP) is 5.87. The van der Waals surface area contributed by atoms with Gasteiger partial charge < -0.3 is 14.6 Å². The molecule has 2 heterocycles. The second-order valence-corrected chi connectivity index (χ2v) is 9.31. The van der Waals surface area contributed by atoms with Gasteiger partial charge in [-0.2, -0.15) is 0 Å². The maximum absolute atomic E-state index is 13.2. The van der Waals surface area contributed by atoms with Crippen molar-refractivity contribution in [2.45, 2.75) is 39.2 Å². The topological polar surface area (TPSA) is 73.2 Å². The van der Waals surface area contributed by atoms with Gasteiger partial charge in [0.2, 0.25) is 0 Å². The molecular formula is C29H29N3O3. The molecule has 4 aromatic rings. The second-order valence-electron chi connectivity index (χ2n) is 9.31. The van der Waals surface area contributed by atoms with E-state index in [-0.39, 0.29) is 5.91 Å². The van der Waals surface area contributed by atoms with Gasteiger partial charge in [-0.25, -0.2) is 9.78 Å². The fraction of sp³-hybridized carbons (Fsp3) is 0.207. The molecule has 35 heavy (non-hydrogen) atoms. The molecule has 2 aromatic heterocycles. The minimum Gasteiger partial charge on any atom is -0.456 e. The summed E-state index contributed by atoms with van der Waals surface area (Å²) in [6, 6.07) is 22.8. The normalized spacial score (nSPS) is 11.2. The van der Waals surface area contributed by atoms with Crippen LogP contribution in [0.4, 0.5) is 5.69 Å². The van der Waals surface area contributed by atoms with E-state index >= 15 is 0 Å². The van der Waals surface area contributed by atoms with Gasteiger partial charge in [-0.05, 0) is 81.1 Å². The van der Waals surface area contributed by atoms with E-state index in [4.69, 9.17) is 4.74 Å². The number of carbonyl (C=O) groups excluding carboxylic acids is 2. The largest absolute Gasteiger partial charge is 0.456 e. The molecular weight excluding hydrogens is 438 g/mol. The molecule has 2 aromatic carbocycles. The molecule has 0 fully saturated rings. The number of nitrogens with one attached hydrogen (secondary N) is 1. The lowest BCUT2D eigenvalue weighted by molar-refractivity contribution is 0.00707. The Labute approximate surface area is 205 Å². The van der Waals surface area contributed by atoms with Crippen molar-refractivity contribution in [1.29, 1.82) is 0 Å². The third kappa shape index (κ3) is 6.44. The summed E-state index contributed by atoms with van der Waals surface area (Å²) in [5.41, 5.74) is 2.77. The first-order chi connectivity index (χ1) is 16.8. The number of aryl methyl sites for hydroxylation is 2. The SMILES string of the molecule is CC(C)(C)OC(=O)c1ccc(CCc2ccccc2)cc1NC(=O)c1ccnc(-n2cccc2)c1. The molecule has 6 nitrogen and oxygen atoms in total. The molecule has 0 atom stereocenters. The summed E-state index contributed by atoms with van der Waals surface area (Å²) in [7, 11) is 0. The lowest BCUT2D eigenvalue weighted by Gasteiger charge is -2.21. The smallest absolute Gasteiger partial charge is 0.340 e. The van der Waals surface area contributed by atoms with Crippen LogP contribution in [-0.2, 0) is 17.6 Å². The van der Waals surface area contributed by atoms with E-state index in [2.05, 4.69) is 22.4 Å². The Kier molecular flexibility index (Phi) is 7.11. The first-order valence-corrected chi connectivity index (χ1v) is 11.6. The summed E-state index contributed by atoms with van der Waals surface area (Å²) in [5, 5.41) is 2.93. The molecule has 0 saturated heterocycles. The number of benzene rings is 2. The van der Waals surface area contributed by atoms with Crippen molar-refractivity contribution in [2.24, 2.45) is 0 Å². The quantitative estimate of drug-likeness (QED) is 0.345. The van der Waals surface area contributed by atoms with E-state index in [1.54, 1.807) is 24.4 Å². The highest BCUT2D eigenvalue weighted by Crippen LogP contribution is 2.23. The Bertz CT molecular complexity index is 1310. The van der Waals surface area contributed by atoms with Crippen molar-refractivity contribution in [3.63, 3.8) is 0 Å². The van der Waals surface area contributed by atoms with E-state index in [0.29, 0.717) is 22.6 Å². The minimum atomic E-state index is -0.652. The molecule has 0 radical (unpaired) electrons. The van der Waals surface area contributed by atoms with Crippen LogP contribution < -0.4 is 5.32 Å². The number of amides is 1. The summed E-state index contributed by atoms with van der Waals surface area (Å²) in [6.45, 7) is 5.45. The number of hydrogen-bond donors (Lipinski definition) is 1. The molecule has 0 unspecified atom stereocenters. The molecule has 4 rings (SSSR count). The Morgan fingerprint density at radius 2 is 1.60 bits per heavy atom. The minimum absolute atomic E-state index is 0.316. The number of pyridine rings is 1. The zero-order valence-electron chi connectivity index (χ0n) is 20.2. The van der Waals surface area contributed by atoms with Crippen LogP contribution in [0.1, 0.15) is 52.6 Å². The number of carbonyl (C=O) groups is 2. The van der Waals surface area contributed by atoms with Gasteiger partial charge in [0.05, 0.1) is 11.3 Å². The fourth-order valence-electron chi connectivity index (χ4n) is 3.68. The van der Waals surface area contributed by atoms with E-state index in [1.807, 2.05) is 80.2 Å². The fourth-order valence-corrected chi connectivity index (χ4v) is 3.68. The van der Waals surface area contributed by atoms with Crippen molar-refractivity contribution in [1.82, 2.24) is 9.55 Å². The van der Waals surface area contributed by atoms with Crippen LogP contribution >= 0.6 is 0 Å². The van der Waals surface area contributed by atoms with Gasteiger partial charge in [0, 0.05) is 24.2 Å². The van der Waals surface area contributed by atoms with Gasteiger partial charge in [0.1, 0.15) is 11.4 Å². The van der Waals surface area contributed by atoms with E-state index in [1.165, 1.54) is 5.56 Å². The molecule has 178 valence electrons. The molecule has 1 amide bonds. The molecule has 0 aliphatic heterocycles. The first kappa shape index (κ1) is 24.0. The zero-order valence-corrected chi connectivity index (χ0v) is 20.2. The second kappa shape index (κ2) is 10.4. The molecule has 0 spiro atoms. The van der Waals surface area contributed by atoms with Crippen molar-refractivity contribution in [3.8, 4) is 5.82 Å². The van der Waals surface area contributed by atoms with Gasteiger partial charge in [-0.1, -0.05) is 36.4 Å². The molecule has 0 aliphatic carbocycles. The molecule has 6 heteroatoms. The average Bonchev–Trinajstić information content (AvgIpc) is 3.38. The average molecular weight is 468 g/mol. The summed E-state index contributed by atoms with van der Waals surface area (Å²) in [6.07, 6.45) is 6.94. The highest BCUT2D eigenvalue weighted by molar-refractivity contribution is 6.08. The van der Waals surface area contributed by atoms with Crippen molar-refractivity contribution >= 4 is 17.6 Å². The Balaban J connectivity index is 1.60. The van der Waals surface area contributed by atoms with E-state index in [0.717, 1.165) is 18.4 Å². The van der Waals surface area contributed by atoms with E-state index in [9.17, 15) is 9.59 Å².